The molecule has 0 aliphatic heterocycles. The van der Waals surface area contributed by atoms with Crippen molar-refractivity contribution in [1.29, 1.82) is 0 Å². The SMILES string of the molecule is CC(NC(=O)CC(N)c1ccccc1)c1ccccc1F. The van der Waals surface area contributed by atoms with Crippen LogP contribution in [0.15, 0.2) is 54.6 Å². The van der Waals surface area contributed by atoms with Gasteiger partial charge in [0.15, 0.2) is 0 Å². The van der Waals surface area contributed by atoms with E-state index < -0.39 is 0 Å². The van der Waals surface area contributed by atoms with Crippen LogP contribution in [0.4, 0.5) is 4.39 Å². The molecular weight excluding hydrogens is 267 g/mol. The second kappa shape index (κ2) is 6.99. The smallest absolute Gasteiger partial charge is 0.222 e. The lowest BCUT2D eigenvalue weighted by Gasteiger charge is -2.17. The Kier molecular flexibility index (Phi) is 5.06. The van der Waals surface area contributed by atoms with Crippen LogP contribution in [0, 0.1) is 5.82 Å². The van der Waals surface area contributed by atoms with Gasteiger partial charge in [0, 0.05) is 18.0 Å². The minimum atomic E-state index is -0.387. The fraction of sp³-hybridized carbons (Fsp3) is 0.235. The van der Waals surface area contributed by atoms with E-state index in [9.17, 15) is 9.18 Å². The zero-order valence-electron chi connectivity index (χ0n) is 11.9. The minimum Gasteiger partial charge on any atom is -0.349 e. The molecule has 0 saturated carbocycles. The fourth-order valence-electron chi connectivity index (χ4n) is 2.22. The van der Waals surface area contributed by atoms with E-state index in [-0.39, 0.29) is 30.2 Å². The topological polar surface area (TPSA) is 55.1 Å². The van der Waals surface area contributed by atoms with Crippen LogP contribution in [0.2, 0.25) is 0 Å². The molecular formula is C17H19FN2O. The first-order chi connectivity index (χ1) is 10.1. The van der Waals surface area contributed by atoms with Crippen LogP contribution in [0.3, 0.4) is 0 Å². The van der Waals surface area contributed by atoms with E-state index in [1.54, 1.807) is 25.1 Å². The number of rotatable bonds is 5. The first-order valence-electron chi connectivity index (χ1n) is 6.92. The van der Waals surface area contributed by atoms with Crippen LogP contribution in [0.5, 0.6) is 0 Å². The zero-order valence-corrected chi connectivity index (χ0v) is 11.9. The summed E-state index contributed by atoms with van der Waals surface area (Å²) in [6.45, 7) is 1.75. The standard InChI is InChI=1S/C17H19FN2O/c1-12(14-9-5-6-10-15(14)18)20-17(21)11-16(19)13-7-3-2-4-8-13/h2-10,12,16H,11,19H2,1H3,(H,20,21). The van der Waals surface area contributed by atoms with Crippen molar-refractivity contribution in [2.45, 2.75) is 25.4 Å². The van der Waals surface area contributed by atoms with Crippen molar-refractivity contribution in [3.63, 3.8) is 0 Å². The van der Waals surface area contributed by atoms with Gasteiger partial charge in [-0.2, -0.15) is 0 Å². The van der Waals surface area contributed by atoms with Gasteiger partial charge in [-0.15, -0.1) is 0 Å². The second-order valence-electron chi connectivity index (χ2n) is 5.03. The average molecular weight is 286 g/mol. The molecule has 2 aromatic rings. The molecule has 0 saturated heterocycles. The van der Waals surface area contributed by atoms with Crippen LogP contribution < -0.4 is 11.1 Å². The van der Waals surface area contributed by atoms with Gasteiger partial charge in [0.05, 0.1) is 6.04 Å². The van der Waals surface area contributed by atoms with Crippen molar-refractivity contribution in [2.75, 3.05) is 0 Å². The van der Waals surface area contributed by atoms with Crippen molar-refractivity contribution in [1.82, 2.24) is 5.32 Å². The van der Waals surface area contributed by atoms with Gasteiger partial charge in [-0.1, -0.05) is 48.5 Å². The summed E-state index contributed by atoms with van der Waals surface area (Å²) < 4.78 is 13.6. The molecule has 3 N–H and O–H groups in total. The predicted octanol–water partition coefficient (Wildman–Crippen LogP) is 3.09. The van der Waals surface area contributed by atoms with Gasteiger partial charge in [0.1, 0.15) is 5.82 Å². The molecule has 0 aliphatic rings. The Labute approximate surface area is 124 Å². The third-order valence-electron chi connectivity index (χ3n) is 3.38. The van der Waals surface area contributed by atoms with Crippen molar-refractivity contribution >= 4 is 5.91 Å². The average Bonchev–Trinajstić information content (AvgIpc) is 2.48. The maximum atomic E-state index is 13.6. The molecule has 2 rings (SSSR count). The Morgan fingerprint density at radius 2 is 1.76 bits per heavy atom. The van der Waals surface area contributed by atoms with E-state index in [1.807, 2.05) is 30.3 Å². The molecule has 0 spiro atoms. The largest absolute Gasteiger partial charge is 0.349 e. The quantitative estimate of drug-likeness (QED) is 0.887. The summed E-state index contributed by atoms with van der Waals surface area (Å²) in [4.78, 5) is 12.0. The Hall–Kier alpha value is -2.20. The van der Waals surface area contributed by atoms with Gasteiger partial charge in [-0.3, -0.25) is 4.79 Å². The van der Waals surface area contributed by atoms with E-state index in [0.717, 1.165) is 5.56 Å². The van der Waals surface area contributed by atoms with Gasteiger partial charge in [-0.05, 0) is 18.6 Å². The van der Waals surface area contributed by atoms with Gasteiger partial charge < -0.3 is 11.1 Å². The van der Waals surface area contributed by atoms with Gasteiger partial charge >= 0.3 is 0 Å². The van der Waals surface area contributed by atoms with Gasteiger partial charge in [-0.25, -0.2) is 4.39 Å². The molecule has 0 bridgehead atoms. The van der Waals surface area contributed by atoms with Gasteiger partial charge in [0.25, 0.3) is 0 Å². The molecule has 1 amide bonds. The van der Waals surface area contributed by atoms with Crippen molar-refractivity contribution < 1.29 is 9.18 Å². The highest BCUT2D eigenvalue weighted by Crippen LogP contribution is 2.18. The summed E-state index contributed by atoms with van der Waals surface area (Å²) >= 11 is 0. The van der Waals surface area contributed by atoms with E-state index >= 15 is 0 Å². The number of hydrogen-bond acceptors (Lipinski definition) is 2. The van der Waals surface area contributed by atoms with Crippen LogP contribution in [0.1, 0.15) is 36.6 Å². The molecule has 110 valence electrons. The monoisotopic (exact) mass is 286 g/mol. The Morgan fingerprint density at radius 1 is 1.14 bits per heavy atom. The molecule has 4 heteroatoms. The van der Waals surface area contributed by atoms with Crippen LogP contribution in [-0.4, -0.2) is 5.91 Å². The maximum Gasteiger partial charge on any atom is 0.222 e. The Bertz CT molecular complexity index is 601. The number of halogens is 1. The molecule has 0 radical (unpaired) electrons. The van der Waals surface area contributed by atoms with E-state index in [2.05, 4.69) is 5.32 Å². The fourth-order valence-corrected chi connectivity index (χ4v) is 2.22. The van der Waals surface area contributed by atoms with E-state index in [1.165, 1.54) is 6.07 Å². The highest BCUT2D eigenvalue weighted by Gasteiger charge is 2.16. The normalized spacial score (nSPS) is 13.5. The first kappa shape index (κ1) is 15.2. The lowest BCUT2D eigenvalue weighted by atomic mass is 10.0. The lowest BCUT2D eigenvalue weighted by Crippen LogP contribution is -2.30. The Balaban J connectivity index is 1.94. The maximum absolute atomic E-state index is 13.6. The molecule has 2 aromatic carbocycles. The number of nitrogens with one attached hydrogen (secondary N) is 1. The summed E-state index contributed by atoms with van der Waals surface area (Å²) in [5.74, 6) is -0.514. The number of benzene rings is 2. The van der Waals surface area contributed by atoms with Crippen LogP contribution >= 0.6 is 0 Å². The number of carbonyl (C=O) groups is 1. The molecule has 0 aromatic heterocycles. The summed E-state index contributed by atoms with van der Waals surface area (Å²) in [7, 11) is 0. The van der Waals surface area contributed by atoms with Crippen LogP contribution in [0.25, 0.3) is 0 Å². The number of amides is 1. The molecule has 0 aliphatic carbocycles. The number of carbonyl (C=O) groups excluding carboxylic acids is 1. The molecule has 2 unspecified atom stereocenters. The summed E-state index contributed by atoms with van der Waals surface area (Å²) in [5, 5.41) is 2.78. The van der Waals surface area contributed by atoms with Gasteiger partial charge in [0.2, 0.25) is 5.91 Å². The van der Waals surface area contributed by atoms with Crippen molar-refractivity contribution in [3.8, 4) is 0 Å². The third kappa shape index (κ3) is 4.13. The number of nitrogens with two attached hydrogens (primary N) is 1. The highest BCUT2D eigenvalue weighted by atomic mass is 19.1. The zero-order chi connectivity index (χ0) is 15.2. The first-order valence-corrected chi connectivity index (χ1v) is 6.92. The second-order valence-corrected chi connectivity index (χ2v) is 5.03. The molecule has 0 heterocycles. The molecule has 3 nitrogen and oxygen atoms in total. The third-order valence-corrected chi connectivity index (χ3v) is 3.38. The Morgan fingerprint density at radius 3 is 2.43 bits per heavy atom. The lowest BCUT2D eigenvalue weighted by molar-refractivity contribution is -0.122. The highest BCUT2D eigenvalue weighted by molar-refractivity contribution is 5.77. The van der Waals surface area contributed by atoms with Crippen molar-refractivity contribution in [2.24, 2.45) is 5.73 Å². The van der Waals surface area contributed by atoms with Crippen LogP contribution in [-0.2, 0) is 4.79 Å². The van der Waals surface area contributed by atoms with E-state index in [4.69, 9.17) is 5.73 Å². The summed E-state index contributed by atoms with van der Waals surface area (Å²) in [6.07, 6.45) is 0.169. The van der Waals surface area contributed by atoms with Crippen molar-refractivity contribution in [3.05, 3.63) is 71.5 Å². The molecule has 2 atom stereocenters. The number of hydrogen-bond donors (Lipinski definition) is 2. The molecule has 0 fully saturated rings. The molecule has 21 heavy (non-hydrogen) atoms. The minimum absolute atomic E-state index is 0.169. The summed E-state index contributed by atoms with van der Waals surface area (Å²) in [5.41, 5.74) is 7.39. The predicted molar refractivity (Wildman–Crippen MR) is 80.9 cm³/mol. The van der Waals surface area contributed by atoms with E-state index in [0.29, 0.717) is 5.56 Å². The summed E-state index contributed by atoms with van der Waals surface area (Å²) in [6, 6.07) is 15.1.